The number of rotatable bonds is 2. The maximum Gasteiger partial charge on any atom is 0.244 e. The molecule has 0 spiro atoms. The predicted octanol–water partition coefficient (Wildman–Crippen LogP) is 0.0552. The van der Waals surface area contributed by atoms with Gasteiger partial charge in [-0.15, -0.1) is 0 Å². The zero-order valence-electron chi connectivity index (χ0n) is 10.4. The summed E-state index contributed by atoms with van der Waals surface area (Å²) in [5, 5.41) is 9.84. The molecule has 3 atom stereocenters. The summed E-state index contributed by atoms with van der Waals surface area (Å²) in [7, 11) is -3.52. The molecule has 1 saturated carbocycles. The van der Waals surface area contributed by atoms with Crippen LogP contribution < -0.4 is 5.73 Å². The predicted molar refractivity (Wildman–Crippen MR) is 69.6 cm³/mol. The van der Waals surface area contributed by atoms with Crippen molar-refractivity contribution in [3.8, 4) is 0 Å². The zero-order valence-corrected chi connectivity index (χ0v) is 11.3. The maximum atomic E-state index is 12.4. The second kappa shape index (κ2) is 4.43. The number of hydrogen-bond acceptors (Lipinski definition) is 5. The summed E-state index contributed by atoms with van der Waals surface area (Å²) >= 11 is 0. The Balaban J connectivity index is 1.84. The van der Waals surface area contributed by atoms with E-state index in [1.54, 1.807) is 0 Å². The van der Waals surface area contributed by atoms with Crippen LogP contribution in [0.4, 0.5) is 5.82 Å². The van der Waals surface area contributed by atoms with Gasteiger partial charge in [0.15, 0.2) is 0 Å². The lowest BCUT2D eigenvalue weighted by molar-refractivity contribution is 0.129. The summed E-state index contributed by atoms with van der Waals surface area (Å²) in [6.07, 6.45) is 2.61. The van der Waals surface area contributed by atoms with Crippen LogP contribution in [-0.4, -0.2) is 42.0 Å². The first-order valence-electron chi connectivity index (χ1n) is 6.38. The molecule has 1 aliphatic heterocycles. The van der Waals surface area contributed by atoms with Gasteiger partial charge in [0, 0.05) is 25.2 Å². The number of nitrogens with zero attached hydrogens (tertiary/aromatic N) is 2. The molecule has 19 heavy (non-hydrogen) atoms. The van der Waals surface area contributed by atoms with Crippen LogP contribution in [0.15, 0.2) is 23.2 Å². The van der Waals surface area contributed by atoms with Gasteiger partial charge < -0.3 is 10.8 Å². The van der Waals surface area contributed by atoms with Crippen LogP contribution in [0.25, 0.3) is 0 Å². The van der Waals surface area contributed by atoms with Gasteiger partial charge in [-0.1, -0.05) is 0 Å². The summed E-state index contributed by atoms with van der Waals surface area (Å²) in [6.45, 7) is 0.896. The van der Waals surface area contributed by atoms with E-state index in [0.29, 0.717) is 18.9 Å². The van der Waals surface area contributed by atoms with E-state index in [2.05, 4.69) is 4.98 Å². The van der Waals surface area contributed by atoms with E-state index in [1.807, 2.05) is 0 Å². The highest BCUT2D eigenvalue weighted by Crippen LogP contribution is 2.39. The monoisotopic (exact) mass is 283 g/mol. The molecule has 3 N–H and O–H groups in total. The third kappa shape index (κ3) is 2.11. The molecule has 6 nitrogen and oxygen atoms in total. The number of anilines is 1. The largest absolute Gasteiger partial charge is 0.393 e. The first-order valence-corrected chi connectivity index (χ1v) is 7.82. The Kier molecular flexibility index (Phi) is 2.99. The Hall–Kier alpha value is -1.18. The van der Waals surface area contributed by atoms with E-state index in [9.17, 15) is 13.5 Å². The van der Waals surface area contributed by atoms with Gasteiger partial charge in [-0.2, -0.15) is 4.31 Å². The number of aliphatic hydroxyl groups is 1. The Morgan fingerprint density at radius 1 is 1.32 bits per heavy atom. The smallest absolute Gasteiger partial charge is 0.244 e. The SMILES string of the molecule is Nc1ccc(S(=O)(=O)N2CC3CCC(O)C3C2)cn1. The maximum absolute atomic E-state index is 12.4. The summed E-state index contributed by atoms with van der Waals surface area (Å²) in [6, 6.07) is 2.96. The zero-order chi connectivity index (χ0) is 13.6. The third-order valence-electron chi connectivity index (χ3n) is 4.18. The second-order valence-electron chi connectivity index (χ2n) is 5.31. The van der Waals surface area contributed by atoms with Crippen LogP contribution in [0.1, 0.15) is 12.8 Å². The lowest BCUT2D eigenvalue weighted by Crippen LogP contribution is -2.31. The first-order chi connectivity index (χ1) is 8.98. The van der Waals surface area contributed by atoms with Crippen LogP contribution in [0, 0.1) is 11.8 Å². The topological polar surface area (TPSA) is 96.5 Å². The summed E-state index contributed by atoms with van der Waals surface area (Å²) in [5.74, 6) is 0.663. The van der Waals surface area contributed by atoms with Crippen molar-refractivity contribution in [2.75, 3.05) is 18.8 Å². The van der Waals surface area contributed by atoms with Gasteiger partial charge >= 0.3 is 0 Å². The lowest BCUT2D eigenvalue weighted by Gasteiger charge is -2.18. The number of aromatic nitrogens is 1. The van der Waals surface area contributed by atoms with Crippen LogP contribution in [0.3, 0.4) is 0 Å². The van der Waals surface area contributed by atoms with Crippen molar-refractivity contribution >= 4 is 15.8 Å². The molecular weight excluding hydrogens is 266 g/mol. The number of hydrogen-bond donors (Lipinski definition) is 2. The van der Waals surface area contributed by atoms with Crippen molar-refractivity contribution in [3.05, 3.63) is 18.3 Å². The lowest BCUT2D eigenvalue weighted by atomic mass is 10.00. The molecule has 2 heterocycles. The molecule has 0 amide bonds. The van der Waals surface area contributed by atoms with Crippen molar-refractivity contribution in [2.45, 2.75) is 23.8 Å². The minimum atomic E-state index is -3.52. The number of sulfonamides is 1. The Morgan fingerprint density at radius 2 is 2.11 bits per heavy atom. The highest BCUT2D eigenvalue weighted by Gasteiger charge is 2.45. The van der Waals surface area contributed by atoms with Gasteiger partial charge in [-0.3, -0.25) is 0 Å². The van der Waals surface area contributed by atoms with E-state index in [-0.39, 0.29) is 22.8 Å². The van der Waals surface area contributed by atoms with Crippen LogP contribution >= 0.6 is 0 Å². The number of aliphatic hydroxyl groups excluding tert-OH is 1. The van der Waals surface area contributed by atoms with Crippen molar-refractivity contribution in [2.24, 2.45) is 11.8 Å². The Morgan fingerprint density at radius 3 is 2.74 bits per heavy atom. The van der Waals surface area contributed by atoms with Crippen molar-refractivity contribution < 1.29 is 13.5 Å². The quantitative estimate of drug-likeness (QED) is 0.799. The first kappa shape index (κ1) is 12.8. The third-order valence-corrected chi connectivity index (χ3v) is 6.00. The fourth-order valence-electron chi connectivity index (χ4n) is 3.09. The fourth-order valence-corrected chi connectivity index (χ4v) is 4.57. The van der Waals surface area contributed by atoms with Gasteiger partial charge in [-0.25, -0.2) is 13.4 Å². The van der Waals surface area contributed by atoms with E-state index < -0.39 is 10.0 Å². The van der Waals surface area contributed by atoms with Crippen LogP contribution in [0.5, 0.6) is 0 Å². The molecule has 0 radical (unpaired) electrons. The van der Waals surface area contributed by atoms with E-state index in [1.165, 1.54) is 22.6 Å². The summed E-state index contributed by atoms with van der Waals surface area (Å²) in [4.78, 5) is 3.99. The van der Waals surface area contributed by atoms with Gasteiger partial charge in [0.1, 0.15) is 10.7 Å². The average Bonchev–Trinajstić information content (AvgIpc) is 2.93. The van der Waals surface area contributed by atoms with Crippen molar-refractivity contribution in [1.82, 2.24) is 9.29 Å². The van der Waals surface area contributed by atoms with E-state index in [0.717, 1.165) is 12.8 Å². The molecule has 3 unspecified atom stereocenters. The van der Waals surface area contributed by atoms with Crippen LogP contribution in [-0.2, 0) is 10.0 Å². The Bertz CT molecular complexity index is 572. The second-order valence-corrected chi connectivity index (χ2v) is 7.25. The van der Waals surface area contributed by atoms with Gasteiger partial charge in [0.25, 0.3) is 0 Å². The number of nitrogen functional groups attached to an aromatic ring is 1. The summed E-state index contributed by atoms with van der Waals surface area (Å²) < 4.78 is 26.4. The Labute approximate surface area is 112 Å². The van der Waals surface area contributed by atoms with Crippen LogP contribution in [0.2, 0.25) is 0 Å². The highest BCUT2D eigenvalue weighted by atomic mass is 32.2. The molecule has 0 aromatic carbocycles. The number of nitrogens with two attached hydrogens (primary N) is 1. The molecule has 3 rings (SSSR count). The molecule has 2 aliphatic rings. The molecule has 1 aliphatic carbocycles. The molecule has 1 aromatic rings. The molecule has 7 heteroatoms. The van der Waals surface area contributed by atoms with E-state index in [4.69, 9.17) is 5.73 Å². The molecule has 2 fully saturated rings. The molecule has 104 valence electrons. The van der Waals surface area contributed by atoms with Gasteiger partial charge in [0.2, 0.25) is 10.0 Å². The van der Waals surface area contributed by atoms with Gasteiger partial charge in [0.05, 0.1) is 6.10 Å². The van der Waals surface area contributed by atoms with E-state index >= 15 is 0 Å². The standard InChI is InChI=1S/C12H17N3O3S/c13-12-4-2-9(5-14-12)19(17,18)15-6-8-1-3-11(16)10(8)7-15/h2,4-5,8,10-11,16H,1,3,6-7H2,(H2,13,14). The molecule has 1 aromatic heterocycles. The fraction of sp³-hybridized carbons (Fsp3) is 0.583. The minimum Gasteiger partial charge on any atom is -0.393 e. The number of fused-ring (bicyclic) bond motifs is 1. The summed E-state index contributed by atoms with van der Waals surface area (Å²) in [5.41, 5.74) is 5.46. The minimum absolute atomic E-state index is 0.0801. The molecule has 0 bridgehead atoms. The molecular formula is C12H17N3O3S. The van der Waals surface area contributed by atoms with Gasteiger partial charge in [-0.05, 0) is 30.9 Å². The number of pyridine rings is 1. The molecule has 1 saturated heterocycles. The highest BCUT2D eigenvalue weighted by molar-refractivity contribution is 7.89. The average molecular weight is 283 g/mol. The van der Waals surface area contributed by atoms with Crippen molar-refractivity contribution in [1.29, 1.82) is 0 Å². The normalized spacial score (nSPS) is 31.5. The van der Waals surface area contributed by atoms with Crippen molar-refractivity contribution in [3.63, 3.8) is 0 Å².